The zero-order valence-corrected chi connectivity index (χ0v) is 9.29. The van der Waals surface area contributed by atoms with Gasteiger partial charge in [-0.05, 0) is 25.7 Å². The van der Waals surface area contributed by atoms with Gasteiger partial charge >= 0.3 is 5.97 Å². The number of hydrogen-bond donors (Lipinski definition) is 3. The van der Waals surface area contributed by atoms with E-state index in [4.69, 9.17) is 10.8 Å². The largest absolute Gasteiger partial charge is 0.481 e. The topological polar surface area (TPSA) is 92.4 Å². The molecular formula is C11H18N2O3. The molecular weight excluding hydrogens is 208 g/mol. The first kappa shape index (κ1) is 11.4. The number of hydrogen-bond acceptors (Lipinski definition) is 3. The molecule has 5 nitrogen and oxygen atoms in total. The van der Waals surface area contributed by atoms with Gasteiger partial charge in [-0.1, -0.05) is 12.8 Å². The van der Waals surface area contributed by atoms with Crippen LogP contribution in [-0.2, 0) is 9.59 Å². The second kappa shape index (κ2) is 3.73. The summed E-state index contributed by atoms with van der Waals surface area (Å²) < 4.78 is 0. The molecule has 4 N–H and O–H groups in total. The Hall–Kier alpha value is -1.10. The highest BCUT2D eigenvalue weighted by molar-refractivity contribution is 5.87. The van der Waals surface area contributed by atoms with E-state index in [1.807, 2.05) is 0 Å². The van der Waals surface area contributed by atoms with E-state index in [0.29, 0.717) is 25.7 Å². The van der Waals surface area contributed by atoms with Gasteiger partial charge in [0.15, 0.2) is 0 Å². The summed E-state index contributed by atoms with van der Waals surface area (Å²) in [5.74, 6) is -0.997. The SMILES string of the molecule is NC1(C(=O)NCC2(C(=O)O)CC2)CCCC1. The molecule has 0 aromatic heterocycles. The molecule has 0 radical (unpaired) electrons. The van der Waals surface area contributed by atoms with E-state index in [2.05, 4.69) is 5.32 Å². The highest BCUT2D eigenvalue weighted by Gasteiger charge is 2.51. The van der Waals surface area contributed by atoms with Gasteiger partial charge in [0.2, 0.25) is 5.91 Å². The minimum atomic E-state index is -0.815. The summed E-state index contributed by atoms with van der Waals surface area (Å²) in [5.41, 5.74) is 4.51. The molecule has 0 spiro atoms. The zero-order valence-electron chi connectivity index (χ0n) is 9.29. The summed E-state index contributed by atoms with van der Waals surface area (Å²) in [6.45, 7) is 0.222. The maximum Gasteiger partial charge on any atom is 0.311 e. The number of carbonyl (C=O) groups excluding carboxylic acids is 1. The molecule has 2 aliphatic rings. The van der Waals surface area contributed by atoms with Crippen molar-refractivity contribution in [2.45, 2.75) is 44.1 Å². The van der Waals surface area contributed by atoms with Gasteiger partial charge in [-0.3, -0.25) is 9.59 Å². The maximum atomic E-state index is 11.8. The maximum absolute atomic E-state index is 11.8. The molecule has 2 rings (SSSR count). The Morgan fingerprint density at radius 2 is 1.75 bits per heavy atom. The van der Waals surface area contributed by atoms with Crippen LogP contribution in [-0.4, -0.2) is 29.1 Å². The number of carboxylic acid groups (broad SMARTS) is 1. The lowest BCUT2D eigenvalue weighted by molar-refractivity contribution is -0.143. The van der Waals surface area contributed by atoms with Gasteiger partial charge in [0, 0.05) is 6.54 Å². The molecule has 2 aliphatic carbocycles. The lowest BCUT2D eigenvalue weighted by atomic mass is 9.97. The third kappa shape index (κ3) is 1.91. The Morgan fingerprint density at radius 1 is 1.19 bits per heavy atom. The smallest absolute Gasteiger partial charge is 0.311 e. The number of nitrogens with two attached hydrogens (primary N) is 1. The second-order valence-corrected chi connectivity index (χ2v) is 5.13. The Morgan fingerprint density at radius 3 is 2.19 bits per heavy atom. The summed E-state index contributed by atoms with van der Waals surface area (Å²) in [7, 11) is 0. The number of carboxylic acids is 1. The van der Waals surface area contributed by atoms with Crippen molar-refractivity contribution < 1.29 is 14.7 Å². The standard InChI is InChI=1S/C11H18N2O3/c12-11(3-1-2-4-11)8(14)13-7-10(5-6-10)9(15)16/h1-7,12H2,(H,13,14)(H,15,16). The lowest BCUT2D eigenvalue weighted by Gasteiger charge is -2.23. The van der Waals surface area contributed by atoms with Crippen LogP contribution >= 0.6 is 0 Å². The first-order chi connectivity index (χ1) is 7.49. The molecule has 1 amide bonds. The summed E-state index contributed by atoms with van der Waals surface area (Å²) in [6, 6.07) is 0. The van der Waals surface area contributed by atoms with Gasteiger partial charge < -0.3 is 16.2 Å². The molecule has 0 aromatic carbocycles. The Balaban J connectivity index is 1.86. The third-order valence-electron chi connectivity index (χ3n) is 3.84. The van der Waals surface area contributed by atoms with Crippen molar-refractivity contribution in [3.8, 4) is 0 Å². The predicted molar refractivity (Wildman–Crippen MR) is 57.7 cm³/mol. The lowest BCUT2D eigenvalue weighted by Crippen LogP contribution is -2.53. The van der Waals surface area contributed by atoms with Crippen molar-refractivity contribution in [1.82, 2.24) is 5.32 Å². The van der Waals surface area contributed by atoms with Crippen molar-refractivity contribution >= 4 is 11.9 Å². The van der Waals surface area contributed by atoms with E-state index in [-0.39, 0.29) is 12.5 Å². The van der Waals surface area contributed by atoms with Crippen LogP contribution in [0.4, 0.5) is 0 Å². The Labute approximate surface area is 94.4 Å². The Bertz CT molecular complexity index is 317. The normalized spacial score (nSPS) is 25.1. The molecule has 5 heteroatoms. The number of nitrogens with one attached hydrogen (secondary N) is 1. The van der Waals surface area contributed by atoms with E-state index in [1.54, 1.807) is 0 Å². The summed E-state index contributed by atoms with van der Waals surface area (Å²) >= 11 is 0. The minimum absolute atomic E-state index is 0.183. The average Bonchev–Trinajstić information content (AvgIpc) is 2.92. The van der Waals surface area contributed by atoms with Crippen molar-refractivity contribution in [3.63, 3.8) is 0 Å². The number of carbonyl (C=O) groups is 2. The van der Waals surface area contributed by atoms with E-state index >= 15 is 0 Å². The molecule has 2 fully saturated rings. The van der Waals surface area contributed by atoms with Crippen molar-refractivity contribution in [3.05, 3.63) is 0 Å². The van der Waals surface area contributed by atoms with Crippen LogP contribution in [0.15, 0.2) is 0 Å². The van der Waals surface area contributed by atoms with Crippen LogP contribution in [0.5, 0.6) is 0 Å². The molecule has 0 bridgehead atoms. The monoisotopic (exact) mass is 226 g/mol. The van der Waals surface area contributed by atoms with Crippen molar-refractivity contribution in [2.75, 3.05) is 6.54 Å². The molecule has 0 unspecified atom stereocenters. The van der Waals surface area contributed by atoms with Gasteiger partial charge in [0.05, 0.1) is 11.0 Å². The van der Waals surface area contributed by atoms with E-state index < -0.39 is 16.9 Å². The van der Waals surface area contributed by atoms with E-state index in [9.17, 15) is 9.59 Å². The fourth-order valence-electron chi connectivity index (χ4n) is 2.28. The highest BCUT2D eigenvalue weighted by atomic mass is 16.4. The third-order valence-corrected chi connectivity index (χ3v) is 3.84. The van der Waals surface area contributed by atoms with E-state index in [1.165, 1.54) is 0 Å². The van der Waals surface area contributed by atoms with Crippen LogP contribution in [0.1, 0.15) is 38.5 Å². The summed E-state index contributed by atoms with van der Waals surface area (Å²) in [6.07, 6.45) is 4.68. The van der Waals surface area contributed by atoms with Crippen LogP contribution in [0, 0.1) is 5.41 Å². The van der Waals surface area contributed by atoms with Gasteiger partial charge in [-0.25, -0.2) is 0 Å². The average molecular weight is 226 g/mol. The van der Waals surface area contributed by atoms with Crippen LogP contribution in [0.2, 0.25) is 0 Å². The first-order valence-electron chi connectivity index (χ1n) is 5.79. The second-order valence-electron chi connectivity index (χ2n) is 5.13. The molecule has 0 atom stereocenters. The predicted octanol–water partition coefficient (Wildman–Crippen LogP) is 0.239. The molecule has 2 saturated carbocycles. The van der Waals surface area contributed by atoms with E-state index in [0.717, 1.165) is 12.8 Å². The molecule has 0 aliphatic heterocycles. The van der Waals surface area contributed by atoms with Gasteiger partial charge in [-0.15, -0.1) is 0 Å². The van der Waals surface area contributed by atoms with Crippen LogP contribution in [0.25, 0.3) is 0 Å². The van der Waals surface area contributed by atoms with Crippen LogP contribution in [0.3, 0.4) is 0 Å². The molecule has 0 aromatic rings. The van der Waals surface area contributed by atoms with Gasteiger partial charge in [-0.2, -0.15) is 0 Å². The first-order valence-corrected chi connectivity index (χ1v) is 5.79. The highest BCUT2D eigenvalue weighted by Crippen LogP contribution is 2.45. The zero-order chi connectivity index (χ0) is 11.8. The van der Waals surface area contributed by atoms with Gasteiger partial charge in [0.1, 0.15) is 0 Å². The molecule has 16 heavy (non-hydrogen) atoms. The number of aliphatic carboxylic acids is 1. The summed E-state index contributed by atoms with van der Waals surface area (Å²) in [5, 5.41) is 11.7. The quantitative estimate of drug-likeness (QED) is 0.640. The summed E-state index contributed by atoms with van der Waals surface area (Å²) in [4.78, 5) is 22.7. The fraction of sp³-hybridized carbons (Fsp3) is 0.818. The van der Waals surface area contributed by atoms with Gasteiger partial charge in [0.25, 0.3) is 0 Å². The molecule has 90 valence electrons. The molecule has 0 heterocycles. The minimum Gasteiger partial charge on any atom is -0.481 e. The van der Waals surface area contributed by atoms with Crippen LogP contribution < -0.4 is 11.1 Å². The Kier molecular flexibility index (Phi) is 2.66. The van der Waals surface area contributed by atoms with Crippen molar-refractivity contribution in [2.24, 2.45) is 11.1 Å². The molecule has 0 saturated heterocycles. The fourth-order valence-corrected chi connectivity index (χ4v) is 2.28. The number of amides is 1. The number of rotatable bonds is 4. The van der Waals surface area contributed by atoms with Crippen molar-refractivity contribution in [1.29, 1.82) is 0 Å².